The first kappa shape index (κ1) is 16.2. The molecule has 1 aliphatic heterocycles. The van der Waals surface area contributed by atoms with Crippen molar-refractivity contribution in [1.29, 1.82) is 0 Å². The summed E-state index contributed by atoms with van der Waals surface area (Å²) in [7, 11) is 0. The molecule has 2 N–H and O–H groups in total. The van der Waals surface area contributed by atoms with Crippen LogP contribution in [0.3, 0.4) is 0 Å². The first-order chi connectivity index (χ1) is 11.1. The highest BCUT2D eigenvalue weighted by Gasteiger charge is 2.26. The minimum absolute atomic E-state index is 0.123. The lowest BCUT2D eigenvalue weighted by atomic mass is 10.0. The fraction of sp³-hybridized carbons (Fsp3) is 0.647. The van der Waals surface area contributed by atoms with E-state index in [2.05, 4.69) is 10.2 Å². The van der Waals surface area contributed by atoms with Gasteiger partial charge in [0.2, 0.25) is 0 Å². The van der Waals surface area contributed by atoms with E-state index in [1.54, 1.807) is 12.1 Å². The van der Waals surface area contributed by atoms with Crippen molar-refractivity contribution in [2.45, 2.75) is 44.2 Å². The van der Waals surface area contributed by atoms with Crippen molar-refractivity contribution in [3.63, 3.8) is 0 Å². The van der Waals surface area contributed by atoms with E-state index in [0.717, 1.165) is 57.4 Å². The molecule has 2 unspecified atom stereocenters. The van der Waals surface area contributed by atoms with Crippen LogP contribution in [-0.2, 0) is 0 Å². The predicted octanol–water partition coefficient (Wildman–Crippen LogP) is 2.31. The average molecular weight is 319 g/mol. The molecule has 1 aromatic rings. The van der Waals surface area contributed by atoms with Gasteiger partial charge in [-0.3, -0.25) is 10.1 Å². The smallest absolute Gasteiger partial charge is 0.269 e. The van der Waals surface area contributed by atoms with Crippen LogP contribution in [0.4, 0.5) is 11.4 Å². The Morgan fingerprint density at radius 3 is 2.43 bits per heavy atom. The maximum atomic E-state index is 10.7. The van der Waals surface area contributed by atoms with Crippen molar-refractivity contribution >= 4 is 11.4 Å². The van der Waals surface area contributed by atoms with Gasteiger partial charge in [0.05, 0.1) is 11.0 Å². The number of aliphatic hydroxyl groups is 1. The second-order valence-corrected chi connectivity index (χ2v) is 6.70. The molecule has 2 atom stereocenters. The Kier molecular flexibility index (Phi) is 5.13. The van der Waals surface area contributed by atoms with Crippen LogP contribution in [0.25, 0.3) is 0 Å². The van der Waals surface area contributed by atoms with Crippen LogP contribution in [0, 0.1) is 16.0 Å². The minimum atomic E-state index is -0.364. The van der Waals surface area contributed by atoms with Crippen molar-refractivity contribution in [2.75, 3.05) is 24.5 Å². The largest absolute Gasteiger partial charge is 0.393 e. The highest BCUT2D eigenvalue weighted by molar-refractivity contribution is 5.51. The van der Waals surface area contributed by atoms with E-state index in [1.165, 1.54) is 0 Å². The lowest BCUT2D eigenvalue weighted by Gasteiger charge is -2.34. The molecule has 1 aliphatic carbocycles. The molecule has 2 aliphatic rings. The van der Waals surface area contributed by atoms with Gasteiger partial charge in [-0.15, -0.1) is 0 Å². The third-order valence-corrected chi connectivity index (χ3v) is 5.21. The Balaban J connectivity index is 1.45. The van der Waals surface area contributed by atoms with Gasteiger partial charge < -0.3 is 15.3 Å². The van der Waals surface area contributed by atoms with Crippen molar-refractivity contribution < 1.29 is 10.0 Å². The Labute approximate surface area is 136 Å². The highest BCUT2D eigenvalue weighted by atomic mass is 16.6. The number of piperidine rings is 1. The summed E-state index contributed by atoms with van der Waals surface area (Å²) in [6.45, 7) is 2.84. The van der Waals surface area contributed by atoms with Gasteiger partial charge in [0.1, 0.15) is 0 Å². The lowest BCUT2D eigenvalue weighted by molar-refractivity contribution is -0.384. The number of aliphatic hydroxyl groups excluding tert-OH is 1. The lowest BCUT2D eigenvalue weighted by Crippen LogP contribution is -2.44. The minimum Gasteiger partial charge on any atom is -0.393 e. The normalized spacial score (nSPS) is 25.7. The van der Waals surface area contributed by atoms with Crippen molar-refractivity contribution in [2.24, 2.45) is 5.92 Å². The fourth-order valence-corrected chi connectivity index (χ4v) is 3.70. The number of nitrogens with zero attached hydrogens (tertiary/aromatic N) is 2. The standard InChI is InChI=1S/C17H25N3O3/c21-17-3-1-2-13(17)12-18-14-8-10-19(11-9-14)15-4-6-16(7-5-15)20(22)23/h4-7,13-14,17-18,21H,1-3,8-12H2. The quantitative estimate of drug-likeness (QED) is 0.643. The molecule has 23 heavy (non-hydrogen) atoms. The van der Waals surface area contributed by atoms with Crippen LogP contribution < -0.4 is 10.2 Å². The molecule has 0 radical (unpaired) electrons. The van der Waals surface area contributed by atoms with Crippen LogP contribution in [-0.4, -0.2) is 41.8 Å². The van der Waals surface area contributed by atoms with Crippen molar-refractivity contribution in [1.82, 2.24) is 5.32 Å². The van der Waals surface area contributed by atoms with Crippen LogP contribution in [0.2, 0.25) is 0 Å². The van der Waals surface area contributed by atoms with Crippen LogP contribution in [0.1, 0.15) is 32.1 Å². The molecule has 6 nitrogen and oxygen atoms in total. The molecule has 1 saturated carbocycles. The van der Waals surface area contributed by atoms with Crippen LogP contribution in [0.15, 0.2) is 24.3 Å². The van der Waals surface area contributed by atoms with Gasteiger partial charge in [-0.1, -0.05) is 6.42 Å². The fourth-order valence-electron chi connectivity index (χ4n) is 3.70. The van der Waals surface area contributed by atoms with Gasteiger partial charge in [0.15, 0.2) is 0 Å². The third-order valence-electron chi connectivity index (χ3n) is 5.21. The molecule has 126 valence electrons. The number of hydrogen-bond acceptors (Lipinski definition) is 5. The molecule has 2 fully saturated rings. The second-order valence-electron chi connectivity index (χ2n) is 6.70. The number of nitrogens with one attached hydrogen (secondary N) is 1. The zero-order valence-corrected chi connectivity index (χ0v) is 13.4. The summed E-state index contributed by atoms with van der Waals surface area (Å²) in [5.74, 6) is 0.419. The molecule has 3 rings (SSSR count). The Morgan fingerprint density at radius 1 is 1.17 bits per heavy atom. The summed E-state index contributed by atoms with van der Waals surface area (Å²) in [5, 5.41) is 24.2. The van der Waals surface area contributed by atoms with Gasteiger partial charge in [0, 0.05) is 43.5 Å². The first-order valence-corrected chi connectivity index (χ1v) is 8.54. The SMILES string of the molecule is O=[N+]([O-])c1ccc(N2CCC(NCC3CCCC3O)CC2)cc1. The van der Waals surface area contributed by atoms with Gasteiger partial charge in [0.25, 0.3) is 5.69 Å². The summed E-state index contributed by atoms with van der Waals surface area (Å²) >= 11 is 0. The zero-order valence-electron chi connectivity index (χ0n) is 13.4. The molecule has 0 spiro atoms. The molecular weight excluding hydrogens is 294 g/mol. The van der Waals surface area contributed by atoms with Crippen LogP contribution in [0.5, 0.6) is 0 Å². The van der Waals surface area contributed by atoms with Gasteiger partial charge in [-0.2, -0.15) is 0 Å². The molecule has 0 aromatic heterocycles. The number of non-ortho nitro benzene ring substituents is 1. The van der Waals surface area contributed by atoms with E-state index in [1.807, 2.05) is 12.1 Å². The molecule has 6 heteroatoms. The highest BCUT2D eigenvalue weighted by Crippen LogP contribution is 2.26. The number of rotatable bonds is 5. The Morgan fingerprint density at radius 2 is 1.87 bits per heavy atom. The third kappa shape index (κ3) is 4.00. The molecule has 1 heterocycles. The molecule has 0 amide bonds. The van der Waals surface area contributed by atoms with Crippen molar-refractivity contribution in [3.05, 3.63) is 34.4 Å². The first-order valence-electron chi connectivity index (χ1n) is 8.54. The maximum Gasteiger partial charge on any atom is 0.269 e. The van der Waals surface area contributed by atoms with Crippen LogP contribution >= 0.6 is 0 Å². The predicted molar refractivity (Wildman–Crippen MR) is 89.7 cm³/mol. The average Bonchev–Trinajstić information content (AvgIpc) is 2.99. The summed E-state index contributed by atoms with van der Waals surface area (Å²) in [6.07, 6.45) is 5.25. The Bertz CT molecular complexity index is 526. The zero-order chi connectivity index (χ0) is 16.2. The number of nitro benzene ring substituents is 1. The summed E-state index contributed by atoms with van der Waals surface area (Å²) in [4.78, 5) is 12.6. The number of anilines is 1. The molecular formula is C17H25N3O3. The number of benzene rings is 1. The van der Waals surface area contributed by atoms with E-state index in [4.69, 9.17) is 0 Å². The van der Waals surface area contributed by atoms with E-state index in [9.17, 15) is 15.2 Å². The Hall–Kier alpha value is -1.66. The number of nitro groups is 1. The topological polar surface area (TPSA) is 78.6 Å². The summed E-state index contributed by atoms with van der Waals surface area (Å²) in [5.41, 5.74) is 1.20. The van der Waals surface area contributed by atoms with Gasteiger partial charge >= 0.3 is 0 Å². The summed E-state index contributed by atoms with van der Waals surface area (Å²) < 4.78 is 0. The molecule has 1 aromatic carbocycles. The van der Waals surface area contributed by atoms with E-state index in [0.29, 0.717) is 12.0 Å². The monoisotopic (exact) mass is 319 g/mol. The molecule has 1 saturated heterocycles. The number of hydrogen-bond donors (Lipinski definition) is 2. The van der Waals surface area contributed by atoms with Gasteiger partial charge in [-0.25, -0.2) is 0 Å². The molecule has 0 bridgehead atoms. The van der Waals surface area contributed by atoms with E-state index in [-0.39, 0.29) is 16.7 Å². The second kappa shape index (κ2) is 7.27. The van der Waals surface area contributed by atoms with E-state index >= 15 is 0 Å². The van der Waals surface area contributed by atoms with E-state index < -0.39 is 0 Å². The summed E-state index contributed by atoms with van der Waals surface area (Å²) in [6, 6.07) is 7.32. The maximum absolute atomic E-state index is 10.7. The van der Waals surface area contributed by atoms with Gasteiger partial charge in [-0.05, 0) is 43.7 Å². The van der Waals surface area contributed by atoms with Crippen molar-refractivity contribution in [3.8, 4) is 0 Å².